The molecule has 0 amide bonds. The second-order valence-corrected chi connectivity index (χ2v) is 5.74. The van der Waals surface area contributed by atoms with Crippen LogP contribution in [0.3, 0.4) is 0 Å². The third-order valence-electron chi connectivity index (χ3n) is 4.73. The van der Waals surface area contributed by atoms with E-state index in [4.69, 9.17) is 4.74 Å². The number of esters is 1. The van der Waals surface area contributed by atoms with Crippen molar-refractivity contribution in [1.29, 1.82) is 0 Å². The number of ether oxygens (including phenoxy) is 1. The van der Waals surface area contributed by atoms with Gasteiger partial charge in [0.2, 0.25) is 0 Å². The number of methoxy groups -OCH3 is 1. The Morgan fingerprint density at radius 1 is 1.35 bits per heavy atom. The summed E-state index contributed by atoms with van der Waals surface area (Å²) in [5, 5.41) is 3.62. The van der Waals surface area contributed by atoms with Gasteiger partial charge in [-0.15, -0.1) is 0 Å². The Morgan fingerprint density at radius 2 is 2.10 bits per heavy atom. The van der Waals surface area contributed by atoms with E-state index in [0.717, 1.165) is 18.0 Å². The van der Waals surface area contributed by atoms with Gasteiger partial charge in [-0.05, 0) is 36.3 Å². The van der Waals surface area contributed by atoms with Crippen LogP contribution in [0.1, 0.15) is 49.0 Å². The summed E-state index contributed by atoms with van der Waals surface area (Å²) < 4.78 is 4.84. The van der Waals surface area contributed by atoms with Gasteiger partial charge >= 0.3 is 5.97 Å². The fourth-order valence-electron chi connectivity index (χ4n) is 3.34. The smallest absolute Gasteiger partial charge is 0.338 e. The van der Waals surface area contributed by atoms with E-state index >= 15 is 0 Å². The molecular formula is C17H25NO2. The van der Waals surface area contributed by atoms with Gasteiger partial charge < -0.3 is 10.1 Å². The van der Waals surface area contributed by atoms with Crippen LogP contribution in [0.5, 0.6) is 0 Å². The standard InChI is InChI=1S/C17H25NO2/c1-4-13-9-10-16(12(13)2)18-11-14-7-5-6-8-15(14)17(19)20-3/h5-8,12-13,16,18H,4,9-11H2,1-3H3. The van der Waals surface area contributed by atoms with Gasteiger partial charge in [0.05, 0.1) is 12.7 Å². The van der Waals surface area contributed by atoms with Crippen molar-refractivity contribution in [2.24, 2.45) is 11.8 Å². The van der Waals surface area contributed by atoms with Gasteiger partial charge in [0.1, 0.15) is 0 Å². The first-order chi connectivity index (χ1) is 9.67. The van der Waals surface area contributed by atoms with E-state index in [2.05, 4.69) is 19.2 Å². The normalized spacial score (nSPS) is 25.6. The monoisotopic (exact) mass is 275 g/mol. The Balaban J connectivity index is 2.00. The Kier molecular flexibility index (Phi) is 5.18. The molecule has 0 aliphatic heterocycles. The van der Waals surface area contributed by atoms with Gasteiger partial charge in [0, 0.05) is 12.6 Å². The summed E-state index contributed by atoms with van der Waals surface area (Å²) in [6.07, 6.45) is 3.81. The molecule has 0 spiro atoms. The van der Waals surface area contributed by atoms with Crippen molar-refractivity contribution in [3.8, 4) is 0 Å². The van der Waals surface area contributed by atoms with Crippen LogP contribution < -0.4 is 5.32 Å². The summed E-state index contributed by atoms with van der Waals surface area (Å²) >= 11 is 0. The molecule has 2 rings (SSSR count). The van der Waals surface area contributed by atoms with Crippen LogP contribution in [0, 0.1) is 11.8 Å². The first kappa shape index (κ1) is 15.0. The summed E-state index contributed by atoms with van der Waals surface area (Å²) in [7, 11) is 1.43. The van der Waals surface area contributed by atoms with Crippen LogP contribution in [-0.4, -0.2) is 19.1 Å². The number of hydrogen-bond donors (Lipinski definition) is 1. The molecule has 0 heterocycles. The number of benzene rings is 1. The minimum atomic E-state index is -0.256. The van der Waals surface area contributed by atoms with Gasteiger partial charge in [-0.1, -0.05) is 38.5 Å². The second kappa shape index (κ2) is 6.89. The van der Waals surface area contributed by atoms with Gasteiger partial charge in [0.25, 0.3) is 0 Å². The van der Waals surface area contributed by atoms with Crippen molar-refractivity contribution >= 4 is 5.97 Å². The molecule has 3 atom stereocenters. The highest BCUT2D eigenvalue weighted by Gasteiger charge is 2.31. The summed E-state index contributed by atoms with van der Waals surface area (Å²) in [4.78, 5) is 11.7. The van der Waals surface area contributed by atoms with Gasteiger partial charge in [-0.2, -0.15) is 0 Å². The molecule has 0 saturated heterocycles. The Labute approximate surface area is 121 Å². The lowest BCUT2D eigenvalue weighted by molar-refractivity contribution is 0.0599. The minimum Gasteiger partial charge on any atom is -0.465 e. The zero-order valence-electron chi connectivity index (χ0n) is 12.7. The Hall–Kier alpha value is -1.35. The Bertz CT molecular complexity index is 458. The molecule has 110 valence electrons. The second-order valence-electron chi connectivity index (χ2n) is 5.74. The molecule has 1 aliphatic carbocycles. The molecule has 1 aliphatic rings. The lowest BCUT2D eigenvalue weighted by atomic mass is 9.93. The average molecular weight is 275 g/mol. The molecular weight excluding hydrogens is 250 g/mol. The molecule has 1 aromatic rings. The predicted octanol–water partition coefficient (Wildman–Crippen LogP) is 3.39. The molecule has 1 saturated carbocycles. The molecule has 1 N–H and O–H groups in total. The highest BCUT2D eigenvalue weighted by Crippen LogP contribution is 2.34. The third kappa shape index (κ3) is 3.21. The van der Waals surface area contributed by atoms with E-state index in [-0.39, 0.29) is 5.97 Å². The van der Waals surface area contributed by atoms with E-state index in [1.165, 1.54) is 26.4 Å². The van der Waals surface area contributed by atoms with E-state index in [9.17, 15) is 4.79 Å². The number of rotatable bonds is 5. The van der Waals surface area contributed by atoms with Gasteiger partial charge in [-0.25, -0.2) is 4.79 Å². The first-order valence-electron chi connectivity index (χ1n) is 7.57. The van der Waals surface area contributed by atoms with E-state index in [0.29, 0.717) is 17.5 Å². The molecule has 20 heavy (non-hydrogen) atoms. The van der Waals surface area contributed by atoms with Crippen LogP contribution in [0.4, 0.5) is 0 Å². The summed E-state index contributed by atoms with van der Waals surface area (Å²) in [5.74, 6) is 1.29. The molecule has 0 radical (unpaired) electrons. The van der Waals surface area contributed by atoms with Crippen molar-refractivity contribution in [2.75, 3.05) is 7.11 Å². The maximum absolute atomic E-state index is 11.7. The SMILES string of the molecule is CCC1CCC(NCc2ccccc2C(=O)OC)C1C. The Morgan fingerprint density at radius 3 is 2.75 bits per heavy atom. The molecule has 1 aromatic carbocycles. The maximum atomic E-state index is 11.7. The molecule has 3 unspecified atom stereocenters. The zero-order chi connectivity index (χ0) is 14.5. The molecule has 1 fully saturated rings. The van der Waals surface area contributed by atoms with Crippen LogP contribution in [0.25, 0.3) is 0 Å². The average Bonchev–Trinajstić information content (AvgIpc) is 2.85. The van der Waals surface area contributed by atoms with Crippen molar-refractivity contribution < 1.29 is 9.53 Å². The minimum absolute atomic E-state index is 0.256. The number of nitrogens with one attached hydrogen (secondary N) is 1. The third-order valence-corrected chi connectivity index (χ3v) is 4.73. The maximum Gasteiger partial charge on any atom is 0.338 e. The number of carbonyl (C=O) groups excluding carboxylic acids is 1. The predicted molar refractivity (Wildman–Crippen MR) is 80.6 cm³/mol. The zero-order valence-corrected chi connectivity index (χ0v) is 12.7. The molecule has 3 heteroatoms. The number of hydrogen-bond acceptors (Lipinski definition) is 3. The molecule has 3 nitrogen and oxygen atoms in total. The topological polar surface area (TPSA) is 38.3 Å². The lowest BCUT2D eigenvalue weighted by Crippen LogP contribution is -2.32. The van der Waals surface area contributed by atoms with Crippen molar-refractivity contribution in [2.45, 2.75) is 45.7 Å². The van der Waals surface area contributed by atoms with Crippen LogP contribution in [-0.2, 0) is 11.3 Å². The quantitative estimate of drug-likeness (QED) is 0.837. The van der Waals surface area contributed by atoms with E-state index < -0.39 is 0 Å². The first-order valence-corrected chi connectivity index (χ1v) is 7.57. The van der Waals surface area contributed by atoms with Gasteiger partial charge in [-0.3, -0.25) is 0 Å². The van der Waals surface area contributed by atoms with Crippen LogP contribution >= 0.6 is 0 Å². The van der Waals surface area contributed by atoms with Crippen molar-refractivity contribution in [3.63, 3.8) is 0 Å². The van der Waals surface area contributed by atoms with Crippen molar-refractivity contribution in [1.82, 2.24) is 5.32 Å². The van der Waals surface area contributed by atoms with E-state index in [1.54, 1.807) is 0 Å². The summed E-state index contributed by atoms with van der Waals surface area (Å²) in [6.45, 7) is 5.35. The summed E-state index contributed by atoms with van der Waals surface area (Å²) in [5.41, 5.74) is 1.69. The summed E-state index contributed by atoms with van der Waals surface area (Å²) in [6, 6.07) is 8.23. The largest absolute Gasteiger partial charge is 0.465 e. The van der Waals surface area contributed by atoms with Crippen LogP contribution in [0.15, 0.2) is 24.3 Å². The fourth-order valence-corrected chi connectivity index (χ4v) is 3.34. The number of carbonyl (C=O) groups is 1. The van der Waals surface area contributed by atoms with Crippen LogP contribution in [0.2, 0.25) is 0 Å². The van der Waals surface area contributed by atoms with E-state index in [1.807, 2.05) is 24.3 Å². The highest BCUT2D eigenvalue weighted by molar-refractivity contribution is 5.90. The van der Waals surface area contributed by atoms with Gasteiger partial charge in [0.15, 0.2) is 0 Å². The highest BCUT2D eigenvalue weighted by atomic mass is 16.5. The lowest BCUT2D eigenvalue weighted by Gasteiger charge is -2.21. The molecule has 0 aromatic heterocycles. The van der Waals surface area contributed by atoms with Crippen molar-refractivity contribution in [3.05, 3.63) is 35.4 Å². The molecule has 0 bridgehead atoms. The fraction of sp³-hybridized carbons (Fsp3) is 0.588.